The summed E-state index contributed by atoms with van der Waals surface area (Å²) in [5.74, 6) is -0.307. The third kappa shape index (κ3) is 5.13. The maximum Gasteiger partial charge on any atom is 0.387 e. The smallest absolute Gasteiger partial charge is 0.387 e. The number of carbonyl (C=O) groups is 1. The average molecular weight is 636 g/mol. The predicted molar refractivity (Wildman–Crippen MR) is 157 cm³/mol. The minimum atomic E-state index is -3.80. The van der Waals surface area contributed by atoms with Gasteiger partial charge in [-0.2, -0.15) is 23.5 Å². The van der Waals surface area contributed by atoms with Crippen LogP contribution in [0.3, 0.4) is 0 Å². The van der Waals surface area contributed by atoms with Crippen molar-refractivity contribution in [2.24, 2.45) is 0 Å². The van der Waals surface area contributed by atoms with Gasteiger partial charge >= 0.3 is 6.61 Å². The van der Waals surface area contributed by atoms with Crippen LogP contribution in [0.5, 0.6) is 5.75 Å². The molecule has 2 aliphatic heterocycles. The minimum Gasteiger partial charge on any atom is -0.435 e. The van der Waals surface area contributed by atoms with Crippen LogP contribution in [-0.2, 0) is 9.84 Å². The third-order valence-electron chi connectivity index (χ3n) is 8.46. The molecule has 13 nitrogen and oxygen atoms in total. The number of alkyl halides is 2. The van der Waals surface area contributed by atoms with Gasteiger partial charge in [-0.05, 0) is 56.0 Å². The quantitative estimate of drug-likeness (QED) is 0.268. The largest absolute Gasteiger partial charge is 0.435 e. The normalized spacial score (nSPS) is 19.8. The number of fused-ring (bicyclic) bond motifs is 3. The lowest BCUT2D eigenvalue weighted by Gasteiger charge is -2.38. The summed E-state index contributed by atoms with van der Waals surface area (Å²) in [6.07, 6.45) is 8.18. The molecular formula is C29H27F2N9O4S. The Labute approximate surface area is 255 Å². The Hall–Kier alpha value is -4.99. The topological polar surface area (TPSA) is 174 Å². The first-order valence-electron chi connectivity index (χ1n) is 14.2. The van der Waals surface area contributed by atoms with Crippen molar-refractivity contribution in [3.63, 3.8) is 0 Å². The Kier molecular flexibility index (Phi) is 6.95. The molecule has 0 aliphatic carbocycles. The van der Waals surface area contributed by atoms with E-state index in [0.29, 0.717) is 46.6 Å². The maximum atomic E-state index is 13.2. The van der Waals surface area contributed by atoms with E-state index in [1.807, 2.05) is 11.0 Å². The molecule has 0 radical (unpaired) electrons. The lowest BCUT2D eigenvalue weighted by atomic mass is 9.87. The Morgan fingerprint density at radius 3 is 2.36 bits per heavy atom. The molecular weight excluding hydrogens is 608 g/mol. The number of carbonyl (C=O) groups excluding carboxylic acids is 1. The van der Waals surface area contributed by atoms with Crippen LogP contribution in [0.2, 0.25) is 0 Å². The van der Waals surface area contributed by atoms with Crippen LogP contribution in [0, 0.1) is 0 Å². The van der Waals surface area contributed by atoms with Crippen LogP contribution in [0.25, 0.3) is 28.0 Å². The number of nitrogens with zero attached hydrogens (tertiary/aromatic N) is 7. The number of nitrogens with one attached hydrogen (secondary N) is 1. The highest BCUT2D eigenvalue weighted by molar-refractivity contribution is 7.91. The van der Waals surface area contributed by atoms with Crippen molar-refractivity contribution >= 4 is 27.2 Å². The van der Waals surface area contributed by atoms with Crippen molar-refractivity contribution in [1.29, 1.82) is 0 Å². The average Bonchev–Trinajstić information content (AvgIpc) is 3.75. The van der Waals surface area contributed by atoms with Gasteiger partial charge in [0.2, 0.25) is 5.82 Å². The zero-order chi connectivity index (χ0) is 31.5. The summed E-state index contributed by atoms with van der Waals surface area (Å²) in [6, 6.07) is 9.51. The minimum absolute atomic E-state index is 0.0352. The number of piperidine rings is 1. The summed E-state index contributed by atoms with van der Waals surface area (Å²) in [7, 11) is -3.80. The SMILES string of the molecule is CS(=O)(=O)c1c(C2CC3CCC(C2)N3C(=O)c2ncn[nH]2)nc2c(-c3ccc(-c4ccc(OC(F)F)cc4)nc3)cnn2c1N. The zero-order valence-electron chi connectivity index (χ0n) is 23.8. The van der Waals surface area contributed by atoms with Gasteiger partial charge in [0.05, 0.1) is 17.6 Å². The molecule has 0 saturated carbocycles. The van der Waals surface area contributed by atoms with E-state index in [1.165, 1.54) is 23.0 Å². The molecule has 45 heavy (non-hydrogen) atoms. The molecule has 232 valence electrons. The Bertz CT molecular complexity index is 1990. The molecule has 5 aromatic rings. The number of nitrogen functional groups attached to an aromatic ring is 1. The number of aromatic nitrogens is 7. The van der Waals surface area contributed by atoms with Crippen LogP contribution < -0.4 is 10.5 Å². The van der Waals surface area contributed by atoms with Crippen LogP contribution in [0.1, 0.15) is 47.9 Å². The maximum absolute atomic E-state index is 13.2. The molecule has 6 heterocycles. The van der Waals surface area contributed by atoms with Crippen LogP contribution in [0.4, 0.5) is 14.6 Å². The molecule has 1 amide bonds. The van der Waals surface area contributed by atoms with Gasteiger partial charge in [-0.3, -0.25) is 14.9 Å². The van der Waals surface area contributed by atoms with E-state index in [-0.39, 0.29) is 46.2 Å². The van der Waals surface area contributed by atoms with E-state index in [9.17, 15) is 22.0 Å². The number of aromatic amines is 1. The van der Waals surface area contributed by atoms with E-state index >= 15 is 0 Å². The highest BCUT2D eigenvalue weighted by atomic mass is 32.2. The summed E-state index contributed by atoms with van der Waals surface area (Å²) < 4.78 is 56.9. The van der Waals surface area contributed by atoms with Gasteiger partial charge in [0.1, 0.15) is 22.8 Å². The molecule has 2 unspecified atom stereocenters. The fraction of sp³-hybridized carbons (Fsp3) is 0.310. The molecule has 0 spiro atoms. The van der Waals surface area contributed by atoms with E-state index < -0.39 is 16.4 Å². The number of halogens is 2. The summed E-state index contributed by atoms with van der Waals surface area (Å²) in [5, 5.41) is 10.8. The third-order valence-corrected chi connectivity index (χ3v) is 9.62. The number of pyridine rings is 1. The van der Waals surface area contributed by atoms with Crippen molar-refractivity contribution in [3.05, 3.63) is 66.6 Å². The van der Waals surface area contributed by atoms with Gasteiger partial charge in [-0.1, -0.05) is 6.07 Å². The fourth-order valence-corrected chi connectivity index (χ4v) is 7.63. The highest BCUT2D eigenvalue weighted by Gasteiger charge is 2.46. The number of hydrogen-bond donors (Lipinski definition) is 2. The summed E-state index contributed by atoms with van der Waals surface area (Å²) in [5.41, 5.74) is 9.82. The summed E-state index contributed by atoms with van der Waals surface area (Å²) in [4.78, 5) is 28.4. The van der Waals surface area contributed by atoms with E-state index in [0.717, 1.165) is 19.1 Å². The molecule has 2 aliphatic rings. The Morgan fingerprint density at radius 1 is 1.04 bits per heavy atom. The first-order chi connectivity index (χ1) is 21.6. The van der Waals surface area contributed by atoms with Crippen molar-refractivity contribution in [2.45, 2.75) is 55.2 Å². The number of H-pyrrole nitrogens is 1. The second-order valence-corrected chi connectivity index (χ2v) is 13.2. The van der Waals surface area contributed by atoms with Gasteiger partial charge in [0, 0.05) is 47.1 Å². The van der Waals surface area contributed by atoms with E-state index in [1.54, 1.807) is 30.6 Å². The number of amides is 1. The molecule has 1 aromatic carbocycles. The monoisotopic (exact) mass is 635 g/mol. The van der Waals surface area contributed by atoms with Crippen molar-refractivity contribution in [1.82, 2.24) is 39.7 Å². The number of benzene rings is 1. The second-order valence-electron chi connectivity index (χ2n) is 11.2. The van der Waals surface area contributed by atoms with Crippen LogP contribution in [0.15, 0.2) is 60.0 Å². The van der Waals surface area contributed by atoms with Crippen LogP contribution in [-0.4, -0.2) is 78.9 Å². The lowest BCUT2D eigenvalue weighted by molar-refractivity contribution is -0.0498. The molecule has 7 rings (SSSR count). The van der Waals surface area contributed by atoms with Crippen molar-refractivity contribution in [3.8, 4) is 28.1 Å². The number of ether oxygens (including phenoxy) is 1. The molecule has 16 heteroatoms. The zero-order valence-corrected chi connectivity index (χ0v) is 24.7. The number of rotatable bonds is 7. The van der Waals surface area contributed by atoms with E-state index in [4.69, 9.17) is 10.7 Å². The lowest BCUT2D eigenvalue weighted by Crippen LogP contribution is -2.46. The van der Waals surface area contributed by atoms with E-state index in [2.05, 4.69) is 30.0 Å². The molecule has 2 atom stereocenters. The molecule has 3 N–H and O–H groups in total. The highest BCUT2D eigenvalue weighted by Crippen LogP contribution is 2.45. The van der Waals surface area contributed by atoms with Crippen molar-refractivity contribution < 1.29 is 26.7 Å². The molecule has 4 aromatic heterocycles. The number of anilines is 1. The van der Waals surface area contributed by atoms with Gasteiger partial charge < -0.3 is 15.4 Å². The van der Waals surface area contributed by atoms with Gasteiger partial charge in [0.15, 0.2) is 15.5 Å². The standard InChI is InChI=1S/C29H27F2N9O4S/c1-45(42,43)24-23(17-10-18-5-6-19(11-17)39(18)28(41)26-34-14-35-38-26)37-27-21(13-36-40(27)25(24)32)16-4-9-22(33-12-16)15-2-7-20(8-3-15)44-29(30)31/h2-4,7-9,12-14,17-19,29H,5-6,10-11,32H2,1H3,(H,34,35,38). The summed E-state index contributed by atoms with van der Waals surface area (Å²) >= 11 is 0. The fourth-order valence-electron chi connectivity index (χ4n) is 6.57. The Balaban J connectivity index is 1.23. The van der Waals surface area contributed by atoms with Gasteiger partial charge in [-0.25, -0.2) is 18.4 Å². The summed E-state index contributed by atoms with van der Waals surface area (Å²) in [6.45, 7) is -2.91. The number of sulfone groups is 1. The van der Waals surface area contributed by atoms with Crippen LogP contribution >= 0.6 is 0 Å². The molecule has 2 bridgehead atoms. The number of nitrogens with two attached hydrogens (primary N) is 1. The molecule has 2 saturated heterocycles. The predicted octanol–water partition coefficient (Wildman–Crippen LogP) is 3.71. The first kappa shape index (κ1) is 28.8. The van der Waals surface area contributed by atoms with Gasteiger partial charge in [-0.15, -0.1) is 0 Å². The number of hydrogen-bond acceptors (Lipinski definition) is 10. The van der Waals surface area contributed by atoms with Gasteiger partial charge in [0.25, 0.3) is 5.91 Å². The Morgan fingerprint density at radius 2 is 1.76 bits per heavy atom. The second kappa shape index (κ2) is 10.9. The van der Waals surface area contributed by atoms with Crippen molar-refractivity contribution in [2.75, 3.05) is 12.0 Å². The first-order valence-corrected chi connectivity index (χ1v) is 16.0. The molecule has 2 fully saturated rings.